The van der Waals surface area contributed by atoms with Crippen LogP contribution in [-0.4, -0.2) is 0 Å². The first-order valence-electron chi connectivity index (χ1n) is 11.0. The average molecular weight is 399 g/mol. The predicted molar refractivity (Wildman–Crippen MR) is 135 cm³/mol. The molecular formula is C31H26. The molecule has 31 heavy (non-hydrogen) atoms. The Kier molecular flexibility index (Phi) is 5.14. The monoisotopic (exact) mass is 398 g/mol. The molecule has 150 valence electrons. The number of rotatable bonds is 4. The zero-order chi connectivity index (χ0) is 21.2. The first-order chi connectivity index (χ1) is 15.2. The molecule has 5 rings (SSSR count). The highest BCUT2D eigenvalue weighted by Gasteiger charge is 2.07. The highest BCUT2D eigenvalue weighted by atomic mass is 14.1. The highest BCUT2D eigenvalue weighted by Crippen LogP contribution is 2.30. The Hall–Kier alpha value is -3.64. The van der Waals surface area contributed by atoms with Gasteiger partial charge in [0.2, 0.25) is 0 Å². The van der Waals surface area contributed by atoms with Crippen molar-refractivity contribution < 1.29 is 0 Å². The number of aryl methyl sites for hydroxylation is 1. The van der Waals surface area contributed by atoms with Crippen LogP contribution < -0.4 is 0 Å². The Balaban J connectivity index is 1.39. The van der Waals surface area contributed by atoms with Gasteiger partial charge in [-0.15, -0.1) is 0 Å². The minimum atomic E-state index is 1.06. The molecule has 0 amide bonds. The molecule has 0 aliphatic heterocycles. The van der Waals surface area contributed by atoms with Crippen LogP contribution in [0, 0.1) is 6.92 Å². The van der Waals surface area contributed by atoms with E-state index in [9.17, 15) is 0 Å². The summed E-state index contributed by atoms with van der Waals surface area (Å²) >= 11 is 0. The molecule has 0 atom stereocenters. The molecule has 0 heteroatoms. The van der Waals surface area contributed by atoms with Crippen molar-refractivity contribution in [2.45, 2.75) is 20.3 Å². The second-order valence-corrected chi connectivity index (χ2v) is 8.25. The Labute approximate surface area is 185 Å². The number of benzene rings is 4. The molecule has 0 spiro atoms. The van der Waals surface area contributed by atoms with Crippen LogP contribution in [0.4, 0.5) is 0 Å². The van der Waals surface area contributed by atoms with Crippen LogP contribution in [0.25, 0.3) is 45.5 Å². The van der Waals surface area contributed by atoms with Crippen molar-refractivity contribution in [1.29, 1.82) is 0 Å². The van der Waals surface area contributed by atoms with Crippen molar-refractivity contribution in [3.05, 3.63) is 119 Å². The molecular weight excluding hydrogens is 372 g/mol. The Morgan fingerprint density at radius 2 is 1.13 bits per heavy atom. The van der Waals surface area contributed by atoms with Gasteiger partial charge >= 0.3 is 0 Å². The van der Waals surface area contributed by atoms with Crippen molar-refractivity contribution >= 4 is 12.2 Å². The second kappa shape index (κ2) is 8.24. The molecule has 0 N–H and O–H groups in total. The molecule has 0 heterocycles. The van der Waals surface area contributed by atoms with Crippen molar-refractivity contribution in [2.24, 2.45) is 0 Å². The van der Waals surface area contributed by atoms with Crippen LogP contribution in [0.3, 0.4) is 0 Å². The van der Waals surface area contributed by atoms with Gasteiger partial charge in [-0.25, -0.2) is 0 Å². The fraction of sp³-hybridized carbons (Fsp3) is 0.0968. The minimum Gasteiger partial charge on any atom is -0.0871 e. The molecule has 0 nitrogen and oxygen atoms in total. The normalized spacial score (nSPS) is 12.5. The van der Waals surface area contributed by atoms with Crippen molar-refractivity contribution in [2.75, 3.05) is 0 Å². The lowest BCUT2D eigenvalue weighted by atomic mass is 9.96. The first-order valence-corrected chi connectivity index (χ1v) is 11.0. The maximum absolute atomic E-state index is 2.30. The van der Waals surface area contributed by atoms with Gasteiger partial charge in [0.25, 0.3) is 0 Å². The third-order valence-corrected chi connectivity index (χ3v) is 6.18. The van der Waals surface area contributed by atoms with Crippen LogP contribution in [0.5, 0.6) is 0 Å². The predicted octanol–water partition coefficient (Wildman–Crippen LogP) is 8.60. The largest absolute Gasteiger partial charge is 0.0871 e. The van der Waals surface area contributed by atoms with Crippen molar-refractivity contribution in [1.82, 2.24) is 0 Å². The Morgan fingerprint density at radius 3 is 1.74 bits per heavy atom. The van der Waals surface area contributed by atoms with Gasteiger partial charge in [0.1, 0.15) is 0 Å². The topological polar surface area (TPSA) is 0 Å². The maximum Gasteiger partial charge on any atom is -0.00882 e. The quantitative estimate of drug-likeness (QED) is 0.323. The zero-order valence-corrected chi connectivity index (χ0v) is 18.1. The molecule has 1 aliphatic carbocycles. The van der Waals surface area contributed by atoms with E-state index in [0.29, 0.717) is 0 Å². The number of hydrogen-bond donors (Lipinski definition) is 0. The standard InChI is InChI=1S/C31H26/c1-3-5-28-20-30(9-8-22(28)2)26-14-10-24(11-15-26)25-12-16-27(17-13-25)31-19-18-23-6-4-7-29(23)21-31/h3-5,7-21H,6H2,1-2H3/b5-3-. The fourth-order valence-electron chi connectivity index (χ4n) is 4.32. The van der Waals surface area contributed by atoms with Crippen molar-refractivity contribution in [3.63, 3.8) is 0 Å². The van der Waals surface area contributed by atoms with Crippen LogP contribution >= 0.6 is 0 Å². The number of allylic oxidation sites excluding steroid dienone is 2. The lowest BCUT2D eigenvalue weighted by molar-refractivity contribution is 1.31. The Bertz CT molecular complexity index is 1280. The minimum absolute atomic E-state index is 1.06. The molecule has 0 bridgehead atoms. The summed E-state index contributed by atoms with van der Waals surface area (Å²) in [5.74, 6) is 0. The molecule has 0 unspecified atom stereocenters. The summed E-state index contributed by atoms with van der Waals surface area (Å²) in [6.07, 6.45) is 9.79. The van der Waals surface area contributed by atoms with E-state index in [2.05, 4.69) is 123 Å². The molecule has 4 aromatic carbocycles. The molecule has 0 saturated heterocycles. The third-order valence-electron chi connectivity index (χ3n) is 6.18. The first kappa shape index (κ1) is 19.3. The van der Waals surface area contributed by atoms with E-state index in [0.717, 1.165) is 6.42 Å². The summed E-state index contributed by atoms with van der Waals surface area (Å²) in [5, 5.41) is 0. The van der Waals surface area contributed by atoms with E-state index in [1.54, 1.807) is 0 Å². The number of fused-ring (bicyclic) bond motifs is 1. The van der Waals surface area contributed by atoms with Crippen LogP contribution in [-0.2, 0) is 6.42 Å². The highest BCUT2D eigenvalue weighted by molar-refractivity contribution is 5.76. The SMILES string of the molecule is C/C=C\c1cc(-c2ccc(-c3ccc(-c4ccc5c(c4)C=CC5)cc3)cc2)ccc1C. The third kappa shape index (κ3) is 3.90. The summed E-state index contributed by atoms with van der Waals surface area (Å²) in [7, 11) is 0. The van der Waals surface area contributed by atoms with E-state index in [-0.39, 0.29) is 0 Å². The van der Waals surface area contributed by atoms with Gasteiger partial charge in [-0.05, 0) is 88.0 Å². The molecule has 0 fully saturated rings. The van der Waals surface area contributed by atoms with Crippen LogP contribution in [0.15, 0.2) is 97.1 Å². The van der Waals surface area contributed by atoms with E-state index >= 15 is 0 Å². The summed E-state index contributed by atoms with van der Waals surface area (Å²) < 4.78 is 0. The lowest BCUT2D eigenvalue weighted by Gasteiger charge is -2.09. The van der Waals surface area contributed by atoms with Gasteiger partial charge in [0.05, 0.1) is 0 Å². The Morgan fingerprint density at radius 1 is 0.613 bits per heavy atom. The van der Waals surface area contributed by atoms with Crippen LogP contribution in [0.1, 0.15) is 29.2 Å². The van der Waals surface area contributed by atoms with Gasteiger partial charge in [-0.2, -0.15) is 0 Å². The van der Waals surface area contributed by atoms with E-state index in [1.165, 1.54) is 55.6 Å². The molecule has 4 aromatic rings. The van der Waals surface area contributed by atoms with E-state index < -0.39 is 0 Å². The smallest absolute Gasteiger partial charge is 0.00882 e. The summed E-state index contributed by atoms with van der Waals surface area (Å²) in [4.78, 5) is 0. The molecule has 0 radical (unpaired) electrons. The summed E-state index contributed by atoms with van der Waals surface area (Å²) in [6, 6.07) is 31.3. The van der Waals surface area contributed by atoms with Gasteiger partial charge in [-0.3, -0.25) is 0 Å². The molecule has 0 aromatic heterocycles. The maximum atomic E-state index is 2.30. The van der Waals surface area contributed by atoms with Crippen molar-refractivity contribution in [3.8, 4) is 33.4 Å². The summed E-state index contributed by atoms with van der Waals surface area (Å²) in [5.41, 5.74) is 12.9. The second-order valence-electron chi connectivity index (χ2n) is 8.25. The molecule has 1 aliphatic rings. The zero-order valence-electron chi connectivity index (χ0n) is 18.1. The summed E-state index contributed by atoms with van der Waals surface area (Å²) in [6.45, 7) is 4.22. The fourth-order valence-corrected chi connectivity index (χ4v) is 4.32. The van der Waals surface area contributed by atoms with Gasteiger partial charge in [0.15, 0.2) is 0 Å². The average Bonchev–Trinajstić information content (AvgIpc) is 3.29. The van der Waals surface area contributed by atoms with Gasteiger partial charge in [-0.1, -0.05) is 97.1 Å². The van der Waals surface area contributed by atoms with E-state index in [1.807, 2.05) is 0 Å². The molecule has 0 saturated carbocycles. The lowest BCUT2D eigenvalue weighted by Crippen LogP contribution is -1.86. The van der Waals surface area contributed by atoms with Crippen LogP contribution in [0.2, 0.25) is 0 Å². The number of hydrogen-bond acceptors (Lipinski definition) is 0. The van der Waals surface area contributed by atoms with Gasteiger partial charge < -0.3 is 0 Å². The van der Waals surface area contributed by atoms with Gasteiger partial charge in [0, 0.05) is 0 Å². The van der Waals surface area contributed by atoms with E-state index in [4.69, 9.17) is 0 Å².